The van der Waals surface area contributed by atoms with Gasteiger partial charge in [-0.25, -0.2) is 0 Å². The number of hydrogen-bond acceptors (Lipinski definition) is 3. The van der Waals surface area contributed by atoms with Crippen LogP contribution in [0.5, 0.6) is 0 Å². The molecule has 0 spiro atoms. The Hall–Kier alpha value is -0.810. The Morgan fingerprint density at radius 3 is 2.20 bits per heavy atom. The lowest BCUT2D eigenvalue weighted by Crippen LogP contribution is -2.48. The van der Waals surface area contributed by atoms with Crippen LogP contribution in [0, 0.1) is 11.8 Å². The summed E-state index contributed by atoms with van der Waals surface area (Å²) in [5.74, 6) is 1.19. The highest BCUT2D eigenvalue weighted by Crippen LogP contribution is 2.28. The summed E-state index contributed by atoms with van der Waals surface area (Å²) in [5.41, 5.74) is 0. The molecular formula is C19H34ClN3O2. The highest BCUT2D eigenvalue weighted by molar-refractivity contribution is 5.85. The van der Waals surface area contributed by atoms with Gasteiger partial charge < -0.3 is 16.0 Å². The largest absolute Gasteiger partial charge is 0.353 e. The fourth-order valence-electron chi connectivity index (χ4n) is 4.56. The normalized spacial score (nSPS) is 30.3. The lowest BCUT2D eigenvalue weighted by atomic mass is 9.85. The Morgan fingerprint density at radius 1 is 0.840 bits per heavy atom. The van der Waals surface area contributed by atoms with Gasteiger partial charge in [-0.2, -0.15) is 0 Å². The molecule has 3 fully saturated rings. The summed E-state index contributed by atoms with van der Waals surface area (Å²) >= 11 is 0. The molecule has 0 bridgehead atoms. The molecule has 2 saturated carbocycles. The maximum Gasteiger partial charge on any atom is 0.223 e. The van der Waals surface area contributed by atoms with Gasteiger partial charge in [0.15, 0.2) is 0 Å². The fourth-order valence-corrected chi connectivity index (χ4v) is 4.56. The van der Waals surface area contributed by atoms with Gasteiger partial charge in [0.25, 0.3) is 0 Å². The van der Waals surface area contributed by atoms with E-state index in [-0.39, 0.29) is 36.2 Å². The van der Waals surface area contributed by atoms with Crippen LogP contribution in [-0.4, -0.2) is 37.0 Å². The molecule has 0 aromatic carbocycles. The second-order valence-corrected chi connectivity index (χ2v) is 8.02. The van der Waals surface area contributed by atoms with Gasteiger partial charge in [-0.15, -0.1) is 12.4 Å². The van der Waals surface area contributed by atoms with E-state index in [1.807, 2.05) is 0 Å². The van der Waals surface area contributed by atoms with Gasteiger partial charge in [0.1, 0.15) is 0 Å². The Kier molecular flexibility index (Phi) is 8.50. The highest BCUT2D eigenvalue weighted by Gasteiger charge is 2.29. The number of amides is 2. The number of rotatable bonds is 5. The molecule has 6 heteroatoms. The Labute approximate surface area is 157 Å². The summed E-state index contributed by atoms with van der Waals surface area (Å²) in [5, 5.41) is 9.75. The van der Waals surface area contributed by atoms with Crippen molar-refractivity contribution in [2.75, 3.05) is 13.1 Å². The number of piperidine rings is 1. The molecular weight excluding hydrogens is 338 g/mol. The van der Waals surface area contributed by atoms with Gasteiger partial charge in [0.05, 0.1) is 0 Å². The van der Waals surface area contributed by atoms with E-state index >= 15 is 0 Å². The molecule has 0 aromatic rings. The third-order valence-electron chi connectivity index (χ3n) is 6.06. The third-order valence-corrected chi connectivity index (χ3v) is 6.06. The molecule has 0 aromatic heterocycles. The first kappa shape index (κ1) is 20.5. The van der Waals surface area contributed by atoms with E-state index in [1.165, 1.54) is 25.7 Å². The standard InChI is InChI=1S/C19H33N3O2.ClH/c23-18(12-14-4-1-2-5-14)21-16-9-7-15(8-10-16)19(24)22-17-6-3-11-20-13-17;/h14-17,20H,1-13H2,(H,21,23)(H,22,24);1H. The summed E-state index contributed by atoms with van der Waals surface area (Å²) in [6.45, 7) is 1.97. The smallest absolute Gasteiger partial charge is 0.223 e. The van der Waals surface area contributed by atoms with Crippen LogP contribution < -0.4 is 16.0 Å². The fraction of sp³-hybridized carbons (Fsp3) is 0.895. The van der Waals surface area contributed by atoms with Crippen LogP contribution in [-0.2, 0) is 9.59 Å². The number of carbonyl (C=O) groups is 2. The maximum absolute atomic E-state index is 12.4. The van der Waals surface area contributed by atoms with Gasteiger partial charge in [0.2, 0.25) is 11.8 Å². The molecule has 3 aliphatic rings. The van der Waals surface area contributed by atoms with Gasteiger partial charge >= 0.3 is 0 Å². The second kappa shape index (κ2) is 10.4. The van der Waals surface area contributed by atoms with Crippen LogP contribution in [0.3, 0.4) is 0 Å². The average molecular weight is 372 g/mol. The first-order chi connectivity index (χ1) is 11.7. The predicted octanol–water partition coefficient (Wildman–Crippen LogP) is 2.53. The zero-order chi connectivity index (χ0) is 16.8. The molecule has 1 saturated heterocycles. The number of halogens is 1. The van der Waals surface area contributed by atoms with Gasteiger partial charge in [-0.1, -0.05) is 12.8 Å². The zero-order valence-corrected chi connectivity index (χ0v) is 16.0. The highest BCUT2D eigenvalue weighted by atomic mass is 35.5. The molecule has 1 heterocycles. The molecule has 2 amide bonds. The van der Waals surface area contributed by atoms with Crippen LogP contribution in [0.1, 0.15) is 70.6 Å². The van der Waals surface area contributed by atoms with Gasteiger partial charge in [0, 0.05) is 31.0 Å². The molecule has 0 radical (unpaired) electrons. The van der Waals surface area contributed by atoms with Crippen LogP contribution in [0.15, 0.2) is 0 Å². The summed E-state index contributed by atoms with van der Waals surface area (Å²) < 4.78 is 0. The van der Waals surface area contributed by atoms with Crippen LogP contribution in [0.25, 0.3) is 0 Å². The molecule has 3 rings (SSSR count). The lowest BCUT2D eigenvalue weighted by molar-refractivity contribution is -0.127. The maximum atomic E-state index is 12.4. The minimum Gasteiger partial charge on any atom is -0.353 e. The molecule has 3 N–H and O–H groups in total. The minimum absolute atomic E-state index is 0. The van der Waals surface area contributed by atoms with Crippen molar-refractivity contribution in [3.8, 4) is 0 Å². The Morgan fingerprint density at radius 2 is 1.56 bits per heavy atom. The van der Waals surface area contributed by atoms with E-state index in [9.17, 15) is 9.59 Å². The van der Waals surface area contributed by atoms with Crippen molar-refractivity contribution in [2.45, 2.75) is 82.7 Å². The Bertz CT molecular complexity index is 426. The van der Waals surface area contributed by atoms with Crippen LogP contribution >= 0.6 is 12.4 Å². The van der Waals surface area contributed by atoms with Crippen molar-refractivity contribution in [1.82, 2.24) is 16.0 Å². The van der Waals surface area contributed by atoms with E-state index < -0.39 is 0 Å². The van der Waals surface area contributed by atoms with E-state index in [2.05, 4.69) is 16.0 Å². The SMILES string of the molecule is Cl.O=C(CC1CCCC1)NC1CCC(C(=O)NC2CCCNC2)CC1. The molecule has 1 aliphatic heterocycles. The first-order valence-corrected chi connectivity index (χ1v) is 10.0. The van der Waals surface area contributed by atoms with E-state index in [0.29, 0.717) is 18.4 Å². The summed E-state index contributed by atoms with van der Waals surface area (Å²) in [7, 11) is 0. The first-order valence-electron chi connectivity index (χ1n) is 10.0. The summed E-state index contributed by atoms with van der Waals surface area (Å²) in [6.07, 6.45) is 11.6. The molecule has 25 heavy (non-hydrogen) atoms. The average Bonchev–Trinajstić information content (AvgIpc) is 3.09. The monoisotopic (exact) mass is 371 g/mol. The Balaban J connectivity index is 0.00000225. The molecule has 5 nitrogen and oxygen atoms in total. The van der Waals surface area contributed by atoms with Crippen molar-refractivity contribution in [3.05, 3.63) is 0 Å². The van der Waals surface area contributed by atoms with Crippen molar-refractivity contribution in [1.29, 1.82) is 0 Å². The summed E-state index contributed by atoms with van der Waals surface area (Å²) in [4.78, 5) is 24.5. The lowest BCUT2D eigenvalue weighted by Gasteiger charge is -2.31. The van der Waals surface area contributed by atoms with E-state index in [1.54, 1.807) is 0 Å². The topological polar surface area (TPSA) is 70.2 Å². The molecule has 1 atom stereocenters. The van der Waals surface area contributed by atoms with Crippen LogP contribution in [0.2, 0.25) is 0 Å². The molecule has 1 unspecified atom stereocenters. The minimum atomic E-state index is 0. The summed E-state index contributed by atoms with van der Waals surface area (Å²) in [6, 6.07) is 0.578. The van der Waals surface area contributed by atoms with Gasteiger partial charge in [-0.3, -0.25) is 9.59 Å². The number of hydrogen-bond donors (Lipinski definition) is 3. The number of carbonyl (C=O) groups excluding carboxylic acids is 2. The third kappa shape index (κ3) is 6.45. The van der Waals surface area contributed by atoms with Crippen molar-refractivity contribution in [2.24, 2.45) is 11.8 Å². The quantitative estimate of drug-likeness (QED) is 0.695. The predicted molar refractivity (Wildman–Crippen MR) is 102 cm³/mol. The van der Waals surface area contributed by atoms with Crippen molar-refractivity contribution in [3.63, 3.8) is 0 Å². The zero-order valence-electron chi connectivity index (χ0n) is 15.2. The van der Waals surface area contributed by atoms with Crippen molar-refractivity contribution < 1.29 is 9.59 Å². The van der Waals surface area contributed by atoms with Crippen LogP contribution in [0.4, 0.5) is 0 Å². The number of nitrogens with one attached hydrogen (secondary N) is 3. The van der Waals surface area contributed by atoms with Gasteiger partial charge in [-0.05, 0) is 63.8 Å². The van der Waals surface area contributed by atoms with E-state index in [4.69, 9.17) is 0 Å². The van der Waals surface area contributed by atoms with E-state index in [0.717, 1.165) is 51.6 Å². The van der Waals surface area contributed by atoms with Crippen molar-refractivity contribution >= 4 is 24.2 Å². The second-order valence-electron chi connectivity index (χ2n) is 8.02. The molecule has 2 aliphatic carbocycles. The molecule has 144 valence electrons.